The lowest BCUT2D eigenvalue weighted by Gasteiger charge is -2.42. The topological polar surface area (TPSA) is 98.2 Å². The van der Waals surface area contributed by atoms with E-state index in [1.165, 1.54) is 12.1 Å². The highest BCUT2D eigenvalue weighted by Gasteiger charge is 2.44. The summed E-state index contributed by atoms with van der Waals surface area (Å²) < 4.78 is 13.7. The quantitative estimate of drug-likeness (QED) is 0.396. The Hall–Kier alpha value is -4.01. The summed E-state index contributed by atoms with van der Waals surface area (Å²) in [6.07, 6.45) is 4.90. The molecule has 1 saturated heterocycles. The lowest BCUT2D eigenvalue weighted by atomic mass is 9.67. The van der Waals surface area contributed by atoms with Gasteiger partial charge in [0.05, 0.1) is 0 Å². The molecule has 0 bridgehead atoms. The van der Waals surface area contributed by atoms with E-state index >= 15 is 0 Å². The average molecular weight is 565 g/mol. The molecule has 2 N–H and O–H groups in total. The van der Waals surface area contributed by atoms with E-state index in [1.54, 1.807) is 0 Å². The Bertz CT molecular complexity index is 1460. The number of hydrogen-bond acceptors (Lipinski definition) is 4. The number of fused-ring (bicyclic) bond motifs is 1. The minimum absolute atomic E-state index is 0.0722. The SMILES string of the molecule is CN1CCC(C2=CCN(Cc3cc(Cl)cc4ccccc34)C2=O)(c2ccc(F)cc2)CC1.O=C(O)/C=C/C(=O)O. The fourth-order valence-electron chi connectivity index (χ4n) is 5.39. The molecular formula is C31H30ClFN2O5. The second-order valence-electron chi connectivity index (χ2n) is 9.99. The summed E-state index contributed by atoms with van der Waals surface area (Å²) in [5.41, 5.74) is 2.56. The largest absolute Gasteiger partial charge is 0.478 e. The summed E-state index contributed by atoms with van der Waals surface area (Å²) in [7, 11) is 2.11. The van der Waals surface area contributed by atoms with Crippen molar-refractivity contribution in [2.24, 2.45) is 0 Å². The Labute approximate surface area is 236 Å². The molecule has 208 valence electrons. The molecule has 0 spiro atoms. The number of hydrogen-bond donors (Lipinski definition) is 2. The molecule has 1 amide bonds. The van der Waals surface area contributed by atoms with E-state index in [-0.39, 0.29) is 17.1 Å². The smallest absolute Gasteiger partial charge is 0.328 e. The van der Waals surface area contributed by atoms with Crippen molar-refractivity contribution in [2.45, 2.75) is 24.8 Å². The van der Waals surface area contributed by atoms with Crippen LogP contribution < -0.4 is 0 Å². The first-order valence-electron chi connectivity index (χ1n) is 12.8. The number of aliphatic carboxylic acids is 2. The van der Waals surface area contributed by atoms with Crippen molar-refractivity contribution in [1.82, 2.24) is 9.80 Å². The highest BCUT2D eigenvalue weighted by molar-refractivity contribution is 6.31. The van der Waals surface area contributed by atoms with Crippen LogP contribution in [0, 0.1) is 5.82 Å². The third-order valence-electron chi connectivity index (χ3n) is 7.43. The number of amides is 1. The predicted molar refractivity (Wildman–Crippen MR) is 152 cm³/mol. The maximum absolute atomic E-state index is 13.7. The summed E-state index contributed by atoms with van der Waals surface area (Å²) in [4.78, 5) is 37.0. The third-order valence-corrected chi connectivity index (χ3v) is 7.65. The first-order chi connectivity index (χ1) is 19.1. The van der Waals surface area contributed by atoms with Crippen molar-refractivity contribution in [2.75, 3.05) is 26.7 Å². The maximum Gasteiger partial charge on any atom is 0.328 e. The van der Waals surface area contributed by atoms with Gasteiger partial charge in [-0.15, -0.1) is 0 Å². The zero-order valence-electron chi connectivity index (χ0n) is 22.0. The Morgan fingerprint density at radius 1 is 1.00 bits per heavy atom. The van der Waals surface area contributed by atoms with Gasteiger partial charge in [-0.25, -0.2) is 14.0 Å². The number of carbonyl (C=O) groups excluding carboxylic acids is 1. The van der Waals surface area contributed by atoms with E-state index in [1.807, 2.05) is 47.4 Å². The van der Waals surface area contributed by atoms with Gasteiger partial charge in [0.15, 0.2) is 0 Å². The lowest BCUT2D eigenvalue weighted by Crippen LogP contribution is -2.44. The van der Waals surface area contributed by atoms with E-state index < -0.39 is 11.9 Å². The summed E-state index contributed by atoms with van der Waals surface area (Å²) in [6, 6.07) is 18.8. The van der Waals surface area contributed by atoms with Crippen molar-refractivity contribution in [1.29, 1.82) is 0 Å². The van der Waals surface area contributed by atoms with Gasteiger partial charge in [0, 0.05) is 41.3 Å². The van der Waals surface area contributed by atoms with Crippen LogP contribution in [0.2, 0.25) is 5.02 Å². The first kappa shape index (κ1) is 29.0. The number of carboxylic acid groups (broad SMARTS) is 2. The normalized spacial score (nSPS) is 17.0. The zero-order valence-corrected chi connectivity index (χ0v) is 22.8. The van der Waals surface area contributed by atoms with E-state index in [0.717, 1.165) is 53.4 Å². The molecule has 2 aliphatic rings. The number of rotatable bonds is 6. The van der Waals surface area contributed by atoms with Crippen LogP contribution in [0.1, 0.15) is 24.0 Å². The van der Waals surface area contributed by atoms with Crippen LogP contribution in [-0.2, 0) is 26.3 Å². The van der Waals surface area contributed by atoms with Gasteiger partial charge in [0.2, 0.25) is 0 Å². The van der Waals surface area contributed by atoms with Gasteiger partial charge < -0.3 is 20.0 Å². The van der Waals surface area contributed by atoms with Gasteiger partial charge >= 0.3 is 11.9 Å². The monoisotopic (exact) mass is 564 g/mol. The van der Waals surface area contributed by atoms with Crippen molar-refractivity contribution in [3.63, 3.8) is 0 Å². The van der Waals surface area contributed by atoms with Crippen LogP contribution in [0.15, 0.2) is 84.5 Å². The minimum atomic E-state index is -1.26. The molecule has 40 heavy (non-hydrogen) atoms. The molecule has 7 nitrogen and oxygen atoms in total. The molecule has 2 aliphatic heterocycles. The van der Waals surface area contributed by atoms with Crippen LogP contribution in [0.25, 0.3) is 10.8 Å². The van der Waals surface area contributed by atoms with Gasteiger partial charge in [0.1, 0.15) is 5.82 Å². The van der Waals surface area contributed by atoms with Gasteiger partial charge in [-0.2, -0.15) is 0 Å². The number of carboxylic acids is 2. The number of piperidine rings is 1. The van der Waals surface area contributed by atoms with Gasteiger partial charge in [-0.1, -0.05) is 54.1 Å². The molecule has 1 fully saturated rings. The summed E-state index contributed by atoms with van der Waals surface area (Å²) >= 11 is 6.37. The summed E-state index contributed by atoms with van der Waals surface area (Å²) in [5.74, 6) is -2.69. The van der Waals surface area contributed by atoms with Crippen molar-refractivity contribution in [3.8, 4) is 0 Å². The van der Waals surface area contributed by atoms with Crippen LogP contribution in [0.4, 0.5) is 4.39 Å². The maximum atomic E-state index is 13.7. The molecule has 0 aliphatic carbocycles. The molecule has 9 heteroatoms. The van der Waals surface area contributed by atoms with Crippen LogP contribution in [0.5, 0.6) is 0 Å². The Morgan fingerprint density at radius 2 is 1.62 bits per heavy atom. The van der Waals surface area contributed by atoms with Crippen LogP contribution in [0.3, 0.4) is 0 Å². The van der Waals surface area contributed by atoms with Crippen LogP contribution >= 0.6 is 11.6 Å². The Kier molecular flexibility index (Phi) is 9.02. The first-order valence-corrected chi connectivity index (χ1v) is 13.2. The fraction of sp³-hybridized carbons (Fsp3) is 0.258. The second-order valence-corrected chi connectivity index (χ2v) is 10.4. The molecular weight excluding hydrogens is 535 g/mol. The molecule has 0 unspecified atom stereocenters. The van der Waals surface area contributed by atoms with E-state index in [9.17, 15) is 18.8 Å². The number of benzene rings is 3. The predicted octanol–water partition coefficient (Wildman–Crippen LogP) is 5.28. The molecule has 2 heterocycles. The number of nitrogens with zero attached hydrogens (tertiary/aromatic N) is 2. The zero-order chi connectivity index (χ0) is 28.9. The second kappa shape index (κ2) is 12.4. The highest BCUT2D eigenvalue weighted by Crippen LogP contribution is 2.44. The van der Waals surface area contributed by atoms with Crippen molar-refractivity contribution >= 4 is 40.2 Å². The number of halogens is 2. The minimum Gasteiger partial charge on any atom is -0.478 e. The Balaban J connectivity index is 0.000000406. The van der Waals surface area contributed by atoms with Crippen molar-refractivity contribution in [3.05, 3.63) is 106 Å². The summed E-state index contributed by atoms with van der Waals surface area (Å²) in [5, 5.41) is 18.5. The molecule has 3 aromatic carbocycles. The molecule has 0 saturated carbocycles. The van der Waals surface area contributed by atoms with Gasteiger partial charge in [-0.05, 0) is 79.1 Å². The third kappa shape index (κ3) is 6.58. The van der Waals surface area contributed by atoms with E-state index in [0.29, 0.717) is 30.3 Å². The molecule has 0 radical (unpaired) electrons. The number of likely N-dealkylation sites (tertiary alicyclic amines) is 1. The molecule has 5 rings (SSSR count). The molecule has 0 atom stereocenters. The molecule has 3 aromatic rings. The summed E-state index contributed by atoms with van der Waals surface area (Å²) in [6.45, 7) is 2.90. The Morgan fingerprint density at radius 3 is 2.25 bits per heavy atom. The van der Waals surface area contributed by atoms with Crippen LogP contribution in [-0.4, -0.2) is 64.5 Å². The van der Waals surface area contributed by atoms with E-state index in [2.05, 4.69) is 24.1 Å². The fourth-order valence-corrected chi connectivity index (χ4v) is 5.64. The van der Waals surface area contributed by atoms with Gasteiger partial charge in [0.25, 0.3) is 5.91 Å². The average Bonchev–Trinajstić information content (AvgIpc) is 3.29. The molecule has 0 aromatic heterocycles. The van der Waals surface area contributed by atoms with Gasteiger partial charge in [-0.3, -0.25) is 4.79 Å². The van der Waals surface area contributed by atoms with E-state index in [4.69, 9.17) is 21.8 Å². The highest BCUT2D eigenvalue weighted by atomic mass is 35.5. The standard InChI is InChI=1S/C27H26ClFN2O.C4H4O4/c1-30-14-11-27(12-15-30,21-6-8-23(29)9-7-21)25-10-13-31(26(25)32)18-20-17-22(28)16-19-4-2-3-5-24(19)20;5-3(6)1-2-4(7)8/h2-10,16-17H,11-15,18H2,1H3;1-2H,(H,5,6)(H,7,8)/b;2-1+. The lowest BCUT2D eigenvalue weighted by molar-refractivity contribution is -0.134. The van der Waals surface area contributed by atoms with Crippen molar-refractivity contribution < 1.29 is 29.0 Å². The number of carbonyl (C=O) groups is 3.